The normalized spacial score (nSPS) is 10.2. The van der Waals surface area contributed by atoms with Gasteiger partial charge in [0.05, 0.1) is 24.1 Å². The van der Waals surface area contributed by atoms with Crippen LogP contribution >= 0.6 is 0 Å². The molecule has 0 aliphatic rings. The van der Waals surface area contributed by atoms with Gasteiger partial charge in [-0.3, -0.25) is 19.7 Å². The Morgan fingerprint density at radius 1 is 1.16 bits per heavy atom. The SMILES string of the molecule is CCc1ccccc1NC(=O)CN(C)C(=O)COC(=O)c1ccc(OC)c([N+](=O)[O-])c1. The molecule has 31 heavy (non-hydrogen) atoms. The Labute approximate surface area is 178 Å². The number of nitrogens with zero attached hydrogens (tertiary/aromatic N) is 2. The van der Waals surface area contributed by atoms with Crippen molar-refractivity contribution in [1.29, 1.82) is 0 Å². The highest BCUT2D eigenvalue weighted by Crippen LogP contribution is 2.27. The van der Waals surface area contributed by atoms with Crippen molar-refractivity contribution in [3.05, 3.63) is 63.7 Å². The van der Waals surface area contributed by atoms with Crippen molar-refractivity contribution in [3.63, 3.8) is 0 Å². The molecule has 0 radical (unpaired) electrons. The van der Waals surface area contributed by atoms with Crippen LogP contribution in [-0.4, -0.2) is 54.9 Å². The summed E-state index contributed by atoms with van der Waals surface area (Å²) in [6.07, 6.45) is 0.741. The molecule has 2 amide bonds. The predicted octanol–water partition coefficient (Wildman–Crippen LogP) is 2.42. The van der Waals surface area contributed by atoms with E-state index in [1.165, 1.54) is 26.3 Å². The van der Waals surface area contributed by atoms with Crippen molar-refractivity contribution < 1.29 is 28.8 Å². The molecule has 2 aromatic carbocycles. The molecule has 2 aromatic rings. The zero-order valence-electron chi connectivity index (χ0n) is 17.4. The van der Waals surface area contributed by atoms with E-state index in [9.17, 15) is 24.5 Å². The predicted molar refractivity (Wildman–Crippen MR) is 112 cm³/mol. The van der Waals surface area contributed by atoms with E-state index in [4.69, 9.17) is 9.47 Å². The Kier molecular flexibility index (Phi) is 8.07. The van der Waals surface area contributed by atoms with Gasteiger partial charge in [0.25, 0.3) is 5.91 Å². The maximum absolute atomic E-state index is 12.2. The van der Waals surface area contributed by atoms with Crippen molar-refractivity contribution in [2.45, 2.75) is 13.3 Å². The fraction of sp³-hybridized carbons (Fsp3) is 0.286. The van der Waals surface area contributed by atoms with Crippen LogP contribution in [0.4, 0.5) is 11.4 Å². The zero-order valence-corrected chi connectivity index (χ0v) is 17.4. The number of hydrogen-bond acceptors (Lipinski definition) is 7. The second kappa shape index (κ2) is 10.7. The van der Waals surface area contributed by atoms with Crippen LogP contribution in [0.25, 0.3) is 0 Å². The van der Waals surface area contributed by atoms with Gasteiger partial charge in [-0.1, -0.05) is 25.1 Å². The van der Waals surface area contributed by atoms with Gasteiger partial charge in [0.2, 0.25) is 5.91 Å². The number of methoxy groups -OCH3 is 1. The number of amides is 2. The highest BCUT2D eigenvalue weighted by molar-refractivity contribution is 5.96. The molecule has 0 fully saturated rings. The van der Waals surface area contributed by atoms with Gasteiger partial charge in [-0.2, -0.15) is 0 Å². The first kappa shape index (κ1) is 23.3. The van der Waals surface area contributed by atoms with E-state index in [-0.39, 0.29) is 17.9 Å². The van der Waals surface area contributed by atoms with Crippen LogP contribution in [0, 0.1) is 10.1 Å². The number of nitro benzene ring substituents is 1. The van der Waals surface area contributed by atoms with Crippen molar-refractivity contribution in [3.8, 4) is 5.75 Å². The Morgan fingerprint density at radius 3 is 2.52 bits per heavy atom. The number of nitro groups is 1. The number of carbonyl (C=O) groups is 3. The molecule has 0 aliphatic heterocycles. The number of rotatable bonds is 9. The summed E-state index contributed by atoms with van der Waals surface area (Å²) < 4.78 is 9.80. The van der Waals surface area contributed by atoms with Gasteiger partial charge in [-0.25, -0.2) is 4.79 Å². The van der Waals surface area contributed by atoms with Crippen LogP contribution in [0.1, 0.15) is 22.8 Å². The van der Waals surface area contributed by atoms with Crippen LogP contribution in [0.3, 0.4) is 0 Å². The van der Waals surface area contributed by atoms with Gasteiger partial charge in [0.15, 0.2) is 12.4 Å². The summed E-state index contributed by atoms with van der Waals surface area (Å²) in [5.41, 5.74) is 1.14. The van der Waals surface area contributed by atoms with Crippen LogP contribution in [0.15, 0.2) is 42.5 Å². The van der Waals surface area contributed by atoms with E-state index < -0.39 is 35.0 Å². The van der Waals surface area contributed by atoms with Crippen molar-refractivity contribution in [1.82, 2.24) is 4.90 Å². The second-order valence-electron chi connectivity index (χ2n) is 6.53. The van der Waals surface area contributed by atoms with E-state index in [0.717, 1.165) is 23.0 Å². The molecule has 0 unspecified atom stereocenters. The van der Waals surface area contributed by atoms with E-state index in [0.29, 0.717) is 5.69 Å². The highest BCUT2D eigenvalue weighted by atomic mass is 16.6. The molecule has 0 bridgehead atoms. The lowest BCUT2D eigenvalue weighted by Crippen LogP contribution is -2.37. The molecule has 1 N–H and O–H groups in total. The summed E-state index contributed by atoms with van der Waals surface area (Å²) in [6.45, 7) is 1.11. The maximum atomic E-state index is 12.2. The number of hydrogen-bond donors (Lipinski definition) is 1. The number of carbonyl (C=O) groups excluding carboxylic acids is 3. The molecule has 2 rings (SSSR count). The van der Waals surface area contributed by atoms with Crippen LogP contribution < -0.4 is 10.1 Å². The van der Waals surface area contributed by atoms with Crippen molar-refractivity contribution >= 4 is 29.2 Å². The number of aryl methyl sites for hydroxylation is 1. The maximum Gasteiger partial charge on any atom is 0.338 e. The number of anilines is 1. The monoisotopic (exact) mass is 429 g/mol. The molecule has 0 atom stereocenters. The molecule has 10 nitrogen and oxygen atoms in total. The fourth-order valence-electron chi connectivity index (χ4n) is 2.72. The highest BCUT2D eigenvalue weighted by Gasteiger charge is 2.21. The van der Waals surface area contributed by atoms with Gasteiger partial charge in [-0.15, -0.1) is 0 Å². The molecule has 0 saturated heterocycles. The first-order chi connectivity index (χ1) is 14.8. The minimum Gasteiger partial charge on any atom is -0.490 e. The Morgan fingerprint density at radius 2 is 1.87 bits per heavy atom. The van der Waals surface area contributed by atoms with Gasteiger partial charge in [0, 0.05) is 18.8 Å². The zero-order chi connectivity index (χ0) is 23.0. The smallest absolute Gasteiger partial charge is 0.338 e. The van der Waals surface area contributed by atoms with Gasteiger partial charge in [-0.05, 0) is 30.2 Å². The lowest BCUT2D eigenvalue weighted by atomic mass is 10.1. The van der Waals surface area contributed by atoms with E-state index >= 15 is 0 Å². The second-order valence-corrected chi connectivity index (χ2v) is 6.53. The summed E-state index contributed by atoms with van der Waals surface area (Å²) in [7, 11) is 2.67. The van der Waals surface area contributed by atoms with Crippen LogP contribution in [0.5, 0.6) is 5.75 Å². The third-order valence-corrected chi connectivity index (χ3v) is 4.42. The minimum atomic E-state index is -0.908. The summed E-state index contributed by atoms with van der Waals surface area (Å²) in [6, 6.07) is 10.9. The number of ether oxygens (including phenoxy) is 2. The fourth-order valence-corrected chi connectivity index (χ4v) is 2.72. The molecule has 0 aromatic heterocycles. The van der Waals surface area contributed by atoms with Crippen LogP contribution in [0.2, 0.25) is 0 Å². The molecule has 10 heteroatoms. The first-order valence-corrected chi connectivity index (χ1v) is 9.38. The summed E-state index contributed by atoms with van der Waals surface area (Å²) in [5.74, 6) is -1.91. The number of likely N-dealkylation sites (N-methyl/N-ethyl adjacent to an activating group) is 1. The molecular formula is C21H23N3O7. The van der Waals surface area contributed by atoms with E-state index in [1.54, 1.807) is 12.1 Å². The third kappa shape index (κ3) is 6.26. The van der Waals surface area contributed by atoms with Crippen molar-refractivity contribution in [2.75, 3.05) is 32.6 Å². The minimum absolute atomic E-state index is 0.00646. The average Bonchev–Trinajstić information content (AvgIpc) is 2.76. The largest absolute Gasteiger partial charge is 0.490 e. The van der Waals surface area contributed by atoms with Crippen molar-refractivity contribution in [2.24, 2.45) is 0 Å². The van der Waals surface area contributed by atoms with Gasteiger partial charge >= 0.3 is 11.7 Å². The molecular weight excluding hydrogens is 406 g/mol. The Bertz CT molecular complexity index is 991. The van der Waals surface area contributed by atoms with E-state index in [2.05, 4.69) is 5.32 Å². The van der Waals surface area contributed by atoms with Gasteiger partial charge < -0.3 is 19.7 Å². The lowest BCUT2D eigenvalue weighted by molar-refractivity contribution is -0.385. The van der Waals surface area contributed by atoms with Crippen LogP contribution in [-0.2, 0) is 20.7 Å². The number of esters is 1. The molecule has 0 saturated carbocycles. The number of nitrogens with one attached hydrogen (secondary N) is 1. The topological polar surface area (TPSA) is 128 Å². The summed E-state index contributed by atoms with van der Waals surface area (Å²) in [5, 5.41) is 13.8. The first-order valence-electron chi connectivity index (χ1n) is 9.38. The third-order valence-electron chi connectivity index (χ3n) is 4.42. The quantitative estimate of drug-likeness (QED) is 0.368. The Hall–Kier alpha value is -3.95. The summed E-state index contributed by atoms with van der Waals surface area (Å²) >= 11 is 0. The Balaban J connectivity index is 1.91. The molecule has 164 valence electrons. The number of para-hydroxylation sites is 1. The summed E-state index contributed by atoms with van der Waals surface area (Å²) in [4.78, 5) is 48.1. The number of benzene rings is 2. The van der Waals surface area contributed by atoms with E-state index in [1.807, 2.05) is 19.1 Å². The standard InChI is InChI=1S/C21H23N3O7/c1-4-14-7-5-6-8-16(14)22-19(25)12-23(2)20(26)13-31-21(27)15-9-10-18(30-3)17(11-15)24(28)29/h5-11H,4,12-13H2,1-3H3,(H,22,25). The van der Waals surface area contributed by atoms with Gasteiger partial charge in [0.1, 0.15) is 0 Å². The molecule has 0 heterocycles. The average molecular weight is 429 g/mol. The molecule has 0 aliphatic carbocycles. The molecule has 0 spiro atoms. The lowest BCUT2D eigenvalue weighted by Gasteiger charge is -2.17.